The van der Waals surface area contributed by atoms with E-state index in [-0.39, 0.29) is 23.0 Å². The Labute approximate surface area is 90.6 Å². The smallest absolute Gasteiger partial charge is 0.261 e. The van der Waals surface area contributed by atoms with Crippen LogP contribution in [0.3, 0.4) is 0 Å². The lowest BCUT2D eigenvalue weighted by atomic mass is 10.2. The second-order valence-corrected chi connectivity index (χ2v) is 3.09. The van der Waals surface area contributed by atoms with Crippen LogP contribution >= 0.6 is 0 Å². The van der Waals surface area contributed by atoms with Crippen molar-refractivity contribution in [1.29, 1.82) is 0 Å². The maximum absolute atomic E-state index is 11.6. The summed E-state index contributed by atoms with van der Waals surface area (Å²) in [5.74, 6) is -0.610. The number of nitrogens with one attached hydrogen (secondary N) is 2. The number of nitrogens with zero attached hydrogens (tertiary/aromatic N) is 1. The van der Waals surface area contributed by atoms with Crippen LogP contribution in [0.2, 0.25) is 0 Å². The summed E-state index contributed by atoms with van der Waals surface area (Å²) >= 11 is 0. The summed E-state index contributed by atoms with van der Waals surface area (Å²) < 4.78 is 0. The van der Waals surface area contributed by atoms with Crippen molar-refractivity contribution in [2.75, 3.05) is 5.32 Å². The molecule has 0 spiro atoms. The average molecular weight is 219 g/mol. The van der Waals surface area contributed by atoms with Gasteiger partial charge in [-0.25, -0.2) is 4.98 Å². The second kappa shape index (κ2) is 3.93. The van der Waals surface area contributed by atoms with Crippen LogP contribution in [-0.4, -0.2) is 26.1 Å². The van der Waals surface area contributed by atoms with Gasteiger partial charge in [0.2, 0.25) is 5.95 Å². The predicted octanol–water partition coefficient (Wildman–Crippen LogP) is 1.07. The van der Waals surface area contributed by atoms with Gasteiger partial charge in [0, 0.05) is 18.5 Å². The number of aromatic nitrogens is 2. The van der Waals surface area contributed by atoms with Crippen LogP contribution in [0.15, 0.2) is 30.6 Å². The SMILES string of the molecule is O=C(Nc1ncc[nH]1)c1ccc(O)cc1O. The van der Waals surface area contributed by atoms with Gasteiger partial charge in [-0.2, -0.15) is 0 Å². The lowest BCUT2D eigenvalue weighted by Crippen LogP contribution is -2.12. The zero-order valence-corrected chi connectivity index (χ0v) is 8.14. The number of aromatic amines is 1. The van der Waals surface area contributed by atoms with Crippen molar-refractivity contribution in [1.82, 2.24) is 9.97 Å². The molecule has 16 heavy (non-hydrogen) atoms. The molecule has 1 aromatic carbocycles. The molecule has 6 heteroatoms. The Morgan fingerprint density at radius 3 is 2.81 bits per heavy atom. The average Bonchev–Trinajstić information content (AvgIpc) is 2.70. The quantitative estimate of drug-likeness (QED) is 0.607. The molecule has 0 aliphatic heterocycles. The molecule has 0 unspecified atom stereocenters. The number of rotatable bonds is 2. The van der Waals surface area contributed by atoms with Crippen molar-refractivity contribution in [2.45, 2.75) is 0 Å². The molecule has 6 nitrogen and oxygen atoms in total. The molecule has 0 saturated heterocycles. The van der Waals surface area contributed by atoms with E-state index in [0.717, 1.165) is 6.07 Å². The molecule has 82 valence electrons. The Morgan fingerprint density at radius 1 is 1.38 bits per heavy atom. The number of phenols is 2. The number of hydrogen-bond donors (Lipinski definition) is 4. The molecule has 2 rings (SSSR count). The van der Waals surface area contributed by atoms with Crippen molar-refractivity contribution < 1.29 is 15.0 Å². The summed E-state index contributed by atoms with van der Waals surface area (Å²) in [6.45, 7) is 0. The standard InChI is InChI=1S/C10H9N3O3/c14-6-1-2-7(8(15)5-6)9(16)13-10-11-3-4-12-10/h1-5,14-15H,(H2,11,12,13,16). The van der Waals surface area contributed by atoms with Gasteiger partial charge < -0.3 is 15.2 Å². The van der Waals surface area contributed by atoms with Crippen LogP contribution in [0.4, 0.5) is 5.95 Å². The first-order valence-corrected chi connectivity index (χ1v) is 4.49. The summed E-state index contributed by atoms with van der Waals surface area (Å²) in [4.78, 5) is 18.1. The van der Waals surface area contributed by atoms with E-state index in [1.807, 2.05) is 0 Å². The third-order valence-corrected chi connectivity index (χ3v) is 1.96. The van der Waals surface area contributed by atoms with Gasteiger partial charge in [-0.05, 0) is 12.1 Å². The second-order valence-electron chi connectivity index (χ2n) is 3.09. The van der Waals surface area contributed by atoms with Gasteiger partial charge in [-0.1, -0.05) is 0 Å². The summed E-state index contributed by atoms with van der Waals surface area (Å²) in [5, 5.41) is 21.0. The molecule has 0 atom stereocenters. The number of carbonyl (C=O) groups is 1. The predicted molar refractivity (Wildman–Crippen MR) is 56.3 cm³/mol. The van der Waals surface area contributed by atoms with Crippen molar-refractivity contribution in [3.05, 3.63) is 36.2 Å². The number of anilines is 1. The van der Waals surface area contributed by atoms with Gasteiger partial charge in [-0.15, -0.1) is 0 Å². The maximum Gasteiger partial charge on any atom is 0.261 e. The van der Waals surface area contributed by atoms with Gasteiger partial charge in [0.1, 0.15) is 11.5 Å². The van der Waals surface area contributed by atoms with E-state index in [1.165, 1.54) is 18.3 Å². The number of imidazole rings is 1. The summed E-state index contributed by atoms with van der Waals surface area (Å²) in [6.07, 6.45) is 3.05. The first-order valence-electron chi connectivity index (χ1n) is 4.49. The van der Waals surface area contributed by atoms with Gasteiger partial charge in [-0.3, -0.25) is 10.1 Å². The number of aromatic hydroxyl groups is 2. The zero-order valence-electron chi connectivity index (χ0n) is 8.14. The van der Waals surface area contributed by atoms with Crippen molar-refractivity contribution in [3.63, 3.8) is 0 Å². The Bertz CT molecular complexity index is 508. The van der Waals surface area contributed by atoms with Crippen LogP contribution in [-0.2, 0) is 0 Å². The maximum atomic E-state index is 11.6. The number of carbonyl (C=O) groups excluding carboxylic acids is 1. The highest BCUT2D eigenvalue weighted by atomic mass is 16.3. The molecule has 0 fully saturated rings. The van der Waals surface area contributed by atoms with Gasteiger partial charge in [0.05, 0.1) is 5.56 Å². The molecule has 4 N–H and O–H groups in total. The molecule has 0 radical (unpaired) electrons. The summed E-state index contributed by atoms with van der Waals surface area (Å²) in [5.41, 5.74) is 0.0641. The van der Waals surface area contributed by atoms with Crippen LogP contribution in [0.25, 0.3) is 0 Å². The van der Waals surface area contributed by atoms with E-state index >= 15 is 0 Å². The van der Waals surface area contributed by atoms with Crippen molar-refractivity contribution >= 4 is 11.9 Å². The molecular weight excluding hydrogens is 210 g/mol. The van der Waals surface area contributed by atoms with E-state index in [2.05, 4.69) is 15.3 Å². The topological polar surface area (TPSA) is 98.2 Å². The summed E-state index contributed by atoms with van der Waals surface area (Å²) in [7, 11) is 0. The van der Waals surface area contributed by atoms with Crippen LogP contribution in [0.5, 0.6) is 11.5 Å². The minimum absolute atomic E-state index is 0.0641. The summed E-state index contributed by atoms with van der Waals surface area (Å²) in [6, 6.07) is 3.73. The molecule has 1 aromatic heterocycles. The zero-order chi connectivity index (χ0) is 11.5. The van der Waals surface area contributed by atoms with Crippen LogP contribution in [0.1, 0.15) is 10.4 Å². The fourth-order valence-corrected chi connectivity index (χ4v) is 1.22. The molecule has 0 aliphatic rings. The highest BCUT2D eigenvalue weighted by molar-refractivity contribution is 6.05. The molecular formula is C10H9N3O3. The molecule has 1 heterocycles. The lowest BCUT2D eigenvalue weighted by molar-refractivity contribution is 0.102. The molecule has 0 saturated carbocycles. The van der Waals surface area contributed by atoms with Crippen LogP contribution < -0.4 is 5.32 Å². The lowest BCUT2D eigenvalue weighted by Gasteiger charge is -2.04. The van der Waals surface area contributed by atoms with E-state index in [4.69, 9.17) is 5.11 Å². The van der Waals surface area contributed by atoms with Crippen molar-refractivity contribution in [2.24, 2.45) is 0 Å². The van der Waals surface area contributed by atoms with Crippen molar-refractivity contribution in [3.8, 4) is 11.5 Å². The normalized spacial score (nSPS) is 10.0. The fourth-order valence-electron chi connectivity index (χ4n) is 1.22. The fraction of sp³-hybridized carbons (Fsp3) is 0. The van der Waals surface area contributed by atoms with Gasteiger partial charge in [0.25, 0.3) is 5.91 Å². The number of H-pyrrole nitrogens is 1. The monoisotopic (exact) mass is 219 g/mol. The first-order chi connectivity index (χ1) is 7.66. The Balaban J connectivity index is 2.21. The third-order valence-electron chi connectivity index (χ3n) is 1.96. The van der Waals surface area contributed by atoms with Crippen LogP contribution in [0, 0.1) is 0 Å². The highest BCUT2D eigenvalue weighted by Crippen LogP contribution is 2.22. The van der Waals surface area contributed by atoms with E-state index in [9.17, 15) is 9.90 Å². The number of amides is 1. The number of benzene rings is 1. The molecule has 0 bridgehead atoms. The number of hydrogen-bond acceptors (Lipinski definition) is 4. The minimum atomic E-state index is -0.507. The molecule has 1 amide bonds. The molecule has 0 aliphatic carbocycles. The Kier molecular flexibility index (Phi) is 2.47. The van der Waals surface area contributed by atoms with Gasteiger partial charge in [0.15, 0.2) is 0 Å². The highest BCUT2D eigenvalue weighted by Gasteiger charge is 2.12. The van der Waals surface area contributed by atoms with E-state index in [0.29, 0.717) is 0 Å². The van der Waals surface area contributed by atoms with E-state index in [1.54, 1.807) is 6.20 Å². The van der Waals surface area contributed by atoms with E-state index < -0.39 is 5.91 Å². The third kappa shape index (κ3) is 1.95. The molecule has 2 aromatic rings. The van der Waals surface area contributed by atoms with Gasteiger partial charge >= 0.3 is 0 Å². The largest absolute Gasteiger partial charge is 0.508 e. The Hall–Kier alpha value is -2.50. The minimum Gasteiger partial charge on any atom is -0.508 e. The Morgan fingerprint density at radius 2 is 2.19 bits per heavy atom. The first kappa shape index (κ1) is 10.0. The number of phenolic OH excluding ortho intramolecular Hbond substituents is 2.